The van der Waals surface area contributed by atoms with Crippen molar-refractivity contribution in [1.29, 1.82) is 0 Å². The summed E-state index contributed by atoms with van der Waals surface area (Å²) in [5.74, 6) is 0.667. The number of rotatable bonds is 4. The molecule has 7 heteroatoms. The van der Waals surface area contributed by atoms with Crippen molar-refractivity contribution >= 4 is 17.3 Å². The lowest BCUT2D eigenvalue weighted by atomic mass is 9.95. The zero-order valence-corrected chi connectivity index (χ0v) is 17.9. The molecule has 2 atom stereocenters. The molecule has 0 radical (unpaired) electrons. The lowest BCUT2D eigenvalue weighted by Gasteiger charge is -2.40. The van der Waals surface area contributed by atoms with E-state index in [1.807, 2.05) is 30.3 Å². The van der Waals surface area contributed by atoms with Gasteiger partial charge in [-0.1, -0.05) is 29.8 Å². The highest BCUT2D eigenvalue weighted by Crippen LogP contribution is 2.28. The van der Waals surface area contributed by atoms with Crippen molar-refractivity contribution in [2.45, 2.75) is 38.9 Å². The first-order valence-electron chi connectivity index (χ1n) is 10.5. The van der Waals surface area contributed by atoms with Gasteiger partial charge in [-0.2, -0.15) is 9.78 Å². The highest BCUT2D eigenvalue weighted by molar-refractivity contribution is 6.33. The molecule has 0 spiro atoms. The Labute approximate surface area is 177 Å². The van der Waals surface area contributed by atoms with E-state index in [1.54, 1.807) is 6.20 Å². The minimum Gasteiger partial charge on any atom is -0.373 e. The molecule has 0 amide bonds. The third-order valence-corrected chi connectivity index (χ3v) is 6.22. The summed E-state index contributed by atoms with van der Waals surface area (Å²) in [6, 6.07) is 9.37. The third-order valence-electron chi connectivity index (χ3n) is 5.87. The monoisotopic (exact) mass is 416 g/mol. The third kappa shape index (κ3) is 4.65. The number of hydrogen-bond acceptors (Lipinski definition) is 5. The van der Waals surface area contributed by atoms with Gasteiger partial charge in [0.25, 0.3) is 5.56 Å². The smallest absolute Gasteiger partial charge is 0.292 e. The number of halogens is 1. The number of para-hydroxylation sites is 1. The molecule has 2 aliphatic heterocycles. The lowest BCUT2D eigenvalue weighted by Crippen LogP contribution is -2.48. The minimum absolute atomic E-state index is 0.248. The van der Waals surface area contributed by atoms with Crippen LogP contribution in [-0.4, -0.2) is 59.6 Å². The van der Waals surface area contributed by atoms with E-state index in [-0.39, 0.29) is 10.6 Å². The molecule has 2 aliphatic rings. The van der Waals surface area contributed by atoms with Crippen LogP contribution in [0.25, 0.3) is 5.69 Å². The van der Waals surface area contributed by atoms with Crippen LogP contribution in [0.2, 0.25) is 5.02 Å². The Morgan fingerprint density at radius 2 is 1.76 bits per heavy atom. The summed E-state index contributed by atoms with van der Waals surface area (Å²) in [7, 11) is 0. The van der Waals surface area contributed by atoms with E-state index in [2.05, 4.69) is 28.7 Å². The molecule has 2 saturated heterocycles. The van der Waals surface area contributed by atoms with Gasteiger partial charge < -0.3 is 9.64 Å². The van der Waals surface area contributed by atoms with Gasteiger partial charge in [-0.05, 0) is 44.7 Å². The number of nitrogens with zero attached hydrogens (tertiary/aromatic N) is 4. The van der Waals surface area contributed by atoms with Crippen molar-refractivity contribution < 1.29 is 4.74 Å². The summed E-state index contributed by atoms with van der Waals surface area (Å²) in [4.78, 5) is 17.5. The second-order valence-electron chi connectivity index (χ2n) is 8.30. The Kier molecular flexibility index (Phi) is 6.23. The van der Waals surface area contributed by atoms with Crippen LogP contribution < -0.4 is 10.5 Å². The van der Waals surface area contributed by atoms with Gasteiger partial charge in [0.05, 0.1) is 29.8 Å². The van der Waals surface area contributed by atoms with Gasteiger partial charge in [-0.25, -0.2) is 0 Å². The van der Waals surface area contributed by atoms with Crippen LogP contribution in [0.4, 0.5) is 5.69 Å². The predicted octanol–water partition coefficient (Wildman–Crippen LogP) is 3.21. The van der Waals surface area contributed by atoms with Gasteiger partial charge in [-0.15, -0.1) is 0 Å². The van der Waals surface area contributed by atoms with Crippen molar-refractivity contribution in [1.82, 2.24) is 14.7 Å². The molecule has 4 rings (SSSR count). The number of anilines is 1. The first-order chi connectivity index (χ1) is 14.0. The summed E-state index contributed by atoms with van der Waals surface area (Å²) in [5, 5.41) is 4.62. The Morgan fingerprint density at radius 1 is 1.10 bits per heavy atom. The molecule has 2 aromatic rings. The maximum absolute atomic E-state index is 12.7. The summed E-state index contributed by atoms with van der Waals surface area (Å²) in [6.45, 7) is 9.24. The number of ether oxygens (including phenoxy) is 1. The van der Waals surface area contributed by atoms with E-state index in [0.717, 1.165) is 56.9 Å². The Morgan fingerprint density at radius 3 is 2.41 bits per heavy atom. The standard InChI is InChI=1S/C22H29ClN4O2/c1-16-13-25(14-17(2)29-16)15-18-8-10-26(11-9-18)20-12-24-27(22(28)21(20)23)19-6-4-3-5-7-19/h3-7,12,16-18H,8-11,13-15H2,1-2H3. The van der Waals surface area contributed by atoms with Crippen molar-refractivity contribution in [2.75, 3.05) is 37.6 Å². The molecule has 156 valence electrons. The summed E-state index contributed by atoms with van der Waals surface area (Å²) >= 11 is 6.47. The first kappa shape index (κ1) is 20.4. The maximum atomic E-state index is 12.7. The van der Waals surface area contributed by atoms with Crippen LogP contribution in [0.5, 0.6) is 0 Å². The molecule has 3 heterocycles. The zero-order valence-electron chi connectivity index (χ0n) is 17.1. The molecule has 29 heavy (non-hydrogen) atoms. The largest absolute Gasteiger partial charge is 0.373 e. The van der Waals surface area contributed by atoms with Gasteiger partial charge in [0.2, 0.25) is 0 Å². The van der Waals surface area contributed by atoms with E-state index in [9.17, 15) is 4.79 Å². The summed E-state index contributed by atoms with van der Waals surface area (Å²) < 4.78 is 7.20. The van der Waals surface area contributed by atoms with Crippen LogP contribution in [0.15, 0.2) is 41.3 Å². The molecule has 1 aromatic heterocycles. The SMILES string of the molecule is CC1CN(CC2CCN(c3cnn(-c4ccccc4)c(=O)c3Cl)CC2)CC(C)O1. The normalized spacial score (nSPS) is 24.0. The number of piperidine rings is 1. The number of hydrogen-bond donors (Lipinski definition) is 0. The van der Waals surface area contributed by atoms with Crippen LogP contribution in [-0.2, 0) is 4.74 Å². The van der Waals surface area contributed by atoms with Gasteiger partial charge in [0.1, 0.15) is 5.02 Å². The van der Waals surface area contributed by atoms with Gasteiger partial charge >= 0.3 is 0 Å². The van der Waals surface area contributed by atoms with Crippen LogP contribution in [0, 0.1) is 5.92 Å². The quantitative estimate of drug-likeness (QED) is 0.766. The molecule has 0 N–H and O–H groups in total. The fourth-order valence-corrected chi connectivity index (χ4v) is 4.80. The van der Waals surface area contributed by atoms with E-state index < -0.39 is 0 Å². The van der Waals surface area contributed by atoms with E-state index >= 15 is 0 Å². The Balaban J connectivity index is 1.40. The summed E-state index contributed by atoms with van der Waals surface area (Å²) in [6.07, 6.45) is 4.53. The Bertz CT molecular complexity index is 870. The molecule has 2 fully saturated rings. The second kappa shape index (κ2) is 8.86. The zero-order chi connectivity index (χ0) is 20.4. The lowest BCUT2D eigenvalue weighted by molar-refractivity contribution is -0.0720. The van der Waals surface area contributed by atoms with Crippen LogP contribution in [0.3, 0.4) is 0 Å². The fourth-order valence-electron chi connectivity index (χ4n) is 4.55. The Hall–Kier alpha value is -1.89. The van der Waals surface area contributed by atoms with E-state index in [1.165, 1.54) is 4.68 Å². The van der Waals surface area contributed by atoms with Crippen molar-refractivity contribution in [3.63, 3.8) is 0 Å². The second-order valence-corrected chi connectivity index (χ2v) is 8.68. The maximum Gasteiger partial charge on any atom is 0.292 e. The fraction of sp³-hybridized carbons (Fsp3) is 0.545. The highest BCUT2D eigenvalue weighted by Gasteiger charge is 2.27. The van der Waals surface area contributed by atoms with Crippen molar-refractivity contribution in [3.8, 4) is 5.69 Å². The minimum atomic E-state index is -0.270. The molecule has 0 saturated carbocycles. The van der Waals surface area contributed by atoms with Crippen LogP contribution >= 0.6 is 11.6 Å². The summed E-state index contributed by atoms with van der Waals surface area (Å²) in [5.41, 5.74) is 1.20. The average molecular weight is 417 g/mol. The van der Waals surface area contributed by atoms with Crippen molar-refractivity contribution in [3.05, 3.63) is 51.9 Å². The average Bonchev–Trinajstić information content (AvgIpc) is 2.71. The molecule has 0 aliphatic carbocycles. The molecular weight excluding hydrogens is 388 g/mol. The number of morpholine rings is 1. The molecule has 1 aromatic carbocycles. The molecular formula is C22H29ClN4O2. The van der Waals surface area contributed by atoms with E-state index in [0.29, 0.717) is 18.1 Å². The van der Waals surface area contributed by atoms with Gasteiger partial charge in [-0.3, -0.25) is 9.69 Å². The molecule has 6 nitrogen and oxygen atoms in total. The van der Waals surface area contributed by atoms with Crippen LogP contribution in [0.1, 0.15) is 26.7 Å². The van der Waals surface area contributed by atoms with Crippen molar-refractivity contribution in [2.24, 2.45) is 5.92 Å². The topological polar surface area (TPSA) is 50.6 Å². The predicted molar refractivity (Wildman–Crippen MR) is 116 cm³/mol. The van der Waals surface area contributed by atoms with Gasteiger partial charge in [0, 0.05) is 32.7 Å². The number of aromatic nitrogens is 2. The first-order valence-corrected chi connectivity index (χ1v) is 10.8. The van der Waals surface area contributed by atoms with Gasteiger partial charge in [0.15, 0.2) is 0 Å². The highest BCUT2D eigenvalue weighted by atomic mass is 35.5. The number of benzene rings is 1. The molecule has 2 unspecified atom stereocenters. The molecule has 0 bridgehead atoms. The van der Waals surface area contributed by atoms with E-state index in [4.69, 9.17) is 16.3 Å².